The van der Waals surface area contributed by atoms with Gasteiger partial charge in [-0.05, 0) is 80.1 Å². The van der Waals surface area contributed by atoms with E-state index in [0.29, 0.717) is 17.6 Å². The summed E-state index contributed by atoms with van der Waals surface area (Å²) in [6.07, 6.45) is 6.22. The van der Waals surface area contributed by atoms with Gasteiger partial charge in [-0.25, -0.2) is 0 Å². The first-order valence-corrected chi connectivity index (χ1v) is 8.11. The van der Waals surface area contributed by atoms with Crippen LogP contribution in [0.5, 0.6) is 5.75 Å². The monoisotopic (exact) mass is 288 g/mol. The van der Waals surface area contributed by atoms with Gasteiger partial charge in [0.05, 0.1) is 0 Å². The van der Waals surface area contributed by atoms with E-state index in [4.69, 9.17) is 11.6 Å². The molecule has 0 aromatic heterocycles. The van der Waals surface area contributed by atoms with Crippen molar-refractivity contribution in [3.8, 4) is 5.75 Å². The lowest BCUT2D eigenvalue weighted by Gasteiger charge is -2.56. The number of rotatable bonds is 1. The minimum atomic E-state index is 0.0963. The zero-order chi connectivity index (χ0) is 13.9. The molecular weight excluding hydrogens is 268 g/mol. The summed E-state index contributed by atoms with van der Waals surface area (Å²) in [5.41, 5.74) is 4.20. The van der Waals surface area contributed by atoms with Crippen LogP contribution in [0.25, 0.3) is 5.57 Å². The smallest absolute Gasteiger partial charge is 0.116 e. The Labute approximate surface area is 125 Å². The van der Waals surface area contributed by atoms with Crippen LogP contribution in [0.15, 0.2) is 29.8 Å². The molecule has 1 aromatic rings. The van der Waals surface area contributed by atoms with Gasteiger partial charge < -0.3 is 5.11 Å². The number of allylic oxidation sites excluding steroid dienone is 2. The van der Waals surface area contributed by atoms with Gasteiger partial charge >= 0.3 is 0 Å². The summed E-state index contributed by atoms with van der Waals surface area (Å²) < 4.78 is 0. The van der Waals surface area contributed by atoms with Crippen LogP contribution in [0.1, 0.15) is 44.6 Å². The van der Waals surface area contributed by atoms with Crippen molar-refractivity contribution in [2.45, 2.75) is 43.9 Å². The molecule has 0 aliphatic heterocycles. The third kappa shape index (κ3) is 1.90. The van der Waals surface area contributed by atoms with E-state index in [9.17, 15) is 5.11 Å². The highest BCUT2D eigenvalue weighted by Gasteiger charge is 2.52. The molecule has 0 radical (unpaired) electrons. The van der Waals surface area contributed by atoms with E-state index in [2.05, 4.69) is 13.0 Å². The number of hydrogen-bond donors (Lipinski definition) is 1. The fraction of sp³-hybridized carbons (Fsp3) is 0.556. The molecular formula is C18H21ClO. The van der Waals surface area contributed by atoms with E-state index in [1.807, 2.05) is 12.1 Å². The van der Waals surface area contributed by atoms with Crippen molar-refractivity contribution in [3.05, 3.63) is 35.4 Å². The fourth-order valence-electron chi connectivity index (χ4n) is 5.21. The van der Waals surface area contributed by atoms with Crippen LogP contribution in [-0.4, -0.2) is 9.98 Å². The van der Waals surface area contributed by atoms with Gasteiger partial charge in [-0.3, -0.25) is 0 Å². The van der Waals surface area contributed by atoms with Crippen LogP contribution < -0.4 is 0 Å². The van der Waals surface area contributed by atoms with Gasteiger partial charge in [0.2, 0.25) is 0 Å². The summed E-state index contributed by atoms with van der Waals surface area (Å²) in [4.78, 5) is 0.0963. The lowest BCUT2D eigenvalue weighted by molar-refractivity contribution is 0.0875. The van der Waals surface area contributed by atoms with Gasteiger partial charge in [-0.15, -0.1) is 11.6 Å². The molecule has 4 saturated carbocycles. The van der Waals surface area contributed by atoms with E-state index in [-0.39, 0.29) is 4.87 Å². The third-order valence-electron chi connectivity index (χ3n) is 5.71. The minimum absolute atomic E-state index is 0.0963. The SMILES string of the molecule is CC(=C1C2CC3CC1CC(Cl)(C3)C2)c1cccc(O)c1. The molecule has 0 heterocycles. The Morgan fingerprint density at radius 2 is 1.90 bits per heavy atom. The zero-order valence-corrected chi connectivity index (χ0v) is 12.7. The molecule has 0 spiro atoms. The summed E-state index contributed by atoms with van der Waals surface area (Å²) in [6.45, 7) is 2.23. The Morgan fingerprint density at radius 1 is 1.20 bits per heavy atom. The first-order valence-electron chi connectivity index (χ1n) is 7.73. The average Bonchev–Trinajstić information content (AvgIpc) is 2.36. The lowest BCUT2D eigenvalue weighted by atomic mass is 9.53. The van der Waals surface area contributed by atoms with Crippen molar-refractivity contribution in [1.29, 1.82) is 0 Å². The summed E-state index contributed by atoms with van der Waals surface area (Å²) in [5.74, 6) is 2.58. The fourth-order valence-corrected chi connectivity index (χ4v) is 5.80. The molecule has 1 N–H and O–H groups in total. The number of hydrogen-bond acceptors (Lipinski definition) is 1. The Hall–Kier alpha value is -0.950. The molecule has 2 unspecified atom stereocenters. The van der Waals surface area contributed by atoms with Crippen LogP contribution in [0.4, 0.5) is 0 Å². The highest BCUT2D eigenvalue weighted by molar-refractivity contribution is 6.24. The van der Waals surface area contributed by atoms with Crippen molar-refractivity contribution in [2.24, 2.45) is 17.8 Å². The van der Waals surface area contributed by atoms with Gasteiger partial charge in [0.1, 0.15) is 5.75 Å². The molecule has 5 rings (SSSR count). The van der Waals surface area contributed by atoms with Crippen LogP contribution in [-0.2, 0) is 0 Å². The van der Waals surface area contributed by atoms with Crippen molar-refractivity contribution >= 4 is 17.2 Å². The second kappa shape index (κ2) is 4.27. The van der Waals surface area contributed by atoms with Gasteiger partial charge in [0.25, 0.3) is 0 Å². The first-order chi connectivity index (χ1) is 9.54. The molecule has 4 fully saturated rings. The van der Waals surface area contributed by atoms with Crippen molar-refractivity contribution in [2.75, 3.05) is 0 Å². The Bertz CT molecular complexity index is 571. The molecule has 1 aromatic carbocycles. The molecule has 106 valence electrons. The molecule has 4 aliphatic carbocycles. The first kappa shape index (κ1) is 12.8. The van der Waals surface area contributed by atoms with Crippen LogP contribution in [0.3, 0.4) is 0 Å². The summed E-state index contributed by atoms with van der Waals surface area (Å²) in [6, 6.07) is 7.69. The Morgan fingerprint density at radius 3 is 2.50 bits per heavy atom. The van der Waals surface area contributed by atoms with E-state index in [1.165, 1.54) is 30.4 Å². The molecule has 0 amide bonds. The predicted octanol–water partition coefficient (Wildman–Crippen LogP) is 4.98. The van der Waals surface area contributed by atoms with Crippen molar-refractivity contribution in [1.82, 2.24) is 0 Å². The topological polar surface area (TPSA) is 20.2 Å². The summed E-state index contributed by atoms with van der Waals surface area (Å²) >= 11 is 6.81. The second-order valence-electron chi connectivity index (χ2n) is 7.13. The molecule has 4 aliphatic rings. The van der Waals surface area contributed by atoms with Gasteiger partial charge in [-0.1, -0.05) is 17.7 Å². The van der Waals surface area contributed by atoms with Gasteiger partial charge in [0, 0.05) is 4.87 Å². The minimum Gasteiger partial charge on any atom is -0.508 e. The standard InChI is InChI=1S/C18H21ClO/c1-11(13-3-2-4-16(20)7-13)17-14-5-12-6-15(17)10-18(19,8-12)9-14/h2-4,7,12,14-15,20H,5-6,8-10H2,1H3. The van der Waals surface area contributed by atoms with E-state index in [0.717, 1.165) is 18.8 Å². The maximum atomic E-state index is 9.71. The van der Waals surface area contributed by atoms with Gasteiger partial charge in [0.15, 0.2) is 0 Å². The number of alkyl halides is 1. The average molecular weight is 289 g/mol. The Balaban J connectivity index is 1.77. The number of halogens is 1. The Kier molecular flexibility index (Phi) is 2.73. The second-order valence-corrected chi connectivity index (χ2v) is 7.93. The third-order valence-corrected chi connectivity index (χ3v) is 6.17. The molecule has 20 heavy (non-hydrogen) atoms. The highest BCUT2D eigenvalue weighted by Crippen LogP contribution is 2.61. The maximum Gasteiger partial charge on any atom is 0.116 e. The molecule has 0 saturated heterocycles. The summed E-state index contributed by atoms with van der Waals surface area (Å²) in [5, 5.41) is 9.71. The highest BCUT2D eigenvalue weighted by atomic mass is 35.5. The molecule has 4 bridgehead atoms. The van der Waals surface area contributed by atoms with E-state index < -0.39 is 0 Å². The van der Waals surface area contributed by atoms with Crippen LogP contribution >= 0.6 is 11.6 Å². The summed E-state index contributed by atoms with van der Waals surface area (Å²) in [7, 11) is 0. The van der Waals surface area contributed by atoms with Crippen LogP contribution in [0.2, 0.25) is 0 Å². The lowest BCUT2D eigenvalue weighted by Crippen LogP contribution is -2.48. The largest absolute Gasteiger partial charge is 0.508 e. The molecule has 1 nitrogen and oxygen atoms in total. The quantitative estimate of drug-likeness (QED) is 0.722. The van der Waals surface area contributed by atoms with Crippen molar-refractivity contribution < 1.29 is 5.11 Å². The zero-order valence-electron chi connectivity index (χ0n) is 11.9. The number of aromatic hydroxyl groups is 1. The maximum absolute atomic E-state index is 9.71. The molecule has 2 heteroatoms. The molecule has 2 atom stereocenters. The number of benzene rings is 1. The van der Waals surface area contributed by atoms with Gasteiger partial charge in [-0.2, -0.15) is 0 Å². The van der Waals surface area contributed by atoms with E-state index >= 15 is 0 Å². The van der Waals surface area contributed by atoms with E-state index in [1.54, 1.807) is 11.6 Å². The number of phenolic OH excluding ortho intramolecular Hbond substituents is 1. The van der Waals surface area contributed by atoms with Crippen LogP contribution in [0, 0.1) is 17.8 Å². The number of phenols is 1. The van der Waals surface area contributed by atoms with Crippen molar-refractivity contribution in [3.63, 3.8) is 0 Å². The predicted molar refractivity (Wildman–Crippen MR) is 82.8 cm³/mol. The normalized spacial score (nSPS) is 38.3.